The Balaban J connectivity index is 1.57. The number of nitrogens with one attached hydrogen (secondary N) is 1. The second kappa shape index (κ2) is 12.6. The lowest BCUT2D eigenvalue weighted by Gasteiger charge is -2.40. The van der Waals surface area contributed by atoms with Gasteiger partial charge in [0.25, 0.3) is 5.95 Å². The Morgan fingerprint density at radius 3 is 2.72 bits per heavy atom. The van der Waals surface area contributed by atoms with Gasteiger partial charge >= 0.3 is 12.3 Å². The zero-order valence-corrected chi connectivity index (χ0v) is 24.2. The van der Waals surface area contributed by atoms with Crippen molar-refractivity contribution in [2.45, 2.75) is 63.2 Å². The summed E-state index contributed by atoms with van der Waals surface area (Å²) in [5.74, 6) is 0.213. The van der Waals surface area contributed by atoms with E-state index in [1.54, 1.807) is 18.7 Å². The van der Waals surface area contributed by atoms with E-state index in [1.807, 2.05) is 25.3 Å². The average Bonchev–Trinajstić information content (AvgIpc) is 3.33. The number of ether oxygens (including phenoxy) is 1. The predicted molar refractivity (Wildman–Crippen MR) is 149 cm³/mol. The highest BCUT2D eigenvalue weighted by atomic mass is 79.9. The van der Waals surface area contributed by atoms with Crippen molar-refractivity contribution in [3.05, 3.63) is 63.6 Å². The summed E-state index contributed by atoms with van der Waals surface area (Å²) < 4.78 is 47.0. The van der Waals surface area contributed by atoms with Gasteiger partial charge in [-0.1, -0.05) is 40.1 Å². The van der Waals surface area contributed by atoms with Crippen molar-refractivity contribution < 1.29 is 22.7 Å². The summed E-state index contributed by atoms with van der Waals surface area (Å²) in [7, 11) is 0. The van der Waals surface area contributed by atoms with Crippen molar-refractivity contribution in [3.63, 3.8) is 0 Å². The van der Waals surface area contributed by atoms with Gasteiger partial charge in [-0.05, 0) is 79.1 Å². The highest BCUT2D eigenvalue weighted by Gasteiger charge is 2.39. The lowest BCUT2D eigenvalue weighted by molar-refractivity contribution is -0.137. The lowest BCUT2D eigenvalue weighted by Crippen LogP contribution is -2.46. The van der Waals surface area contributed by atoms with E-state index < -0.39 is 23.9 Å². The van der Waals surface area contributed by atoms with E-state index in [2.05, 4.69) is 48.8 Å². The zero-order valence-electron chi connectivity index (χ0n) is 21.8. The molecule has 0 saturated carbocycles. The molecule has 3 aromatic rings. The van der Waals surface area contributed by atoms with Crippen LogP contribution in [-0.4, -0.2) is 50.5 Å². The lowest BCUT2D eigenvalue weighted by atomic mass is 9.89. The molecule has 0 spiro atoms. The van der Waals surface area contributed by atoms with Gasteiger partial charge in [-0.2, -0.15) is 29.7 Å². The molecule has 0 radical (unpaired) electrons. The number of rotatable bonds is 9. The monoisotopic (exact) mass is 626 g/mol. The first-order valence-corrected chi connectivity index (χ1v) is 14.7. The van der Waals surface area contributed by atoms with Gasteiger partial charge in [0, 0.05) is 15.8 Å². The number of thioether (sulfide) groups is 1. The van der Waals surface area contributed by atoms with Crippen LogP contribution in [0.25, 0.3) is 0 Å². The van der Waals surface area contributed by atoms with Gasteiger partial charge in [-0.3, -0.25) is 4.90 Å². The minimum atomic E-state index is -4.53. The van der Waals surface area contributed by atoms with Crippen LogP contribution >= 0.6 is 27.7 Å². The minimum Gasteiger partial charge on any atom is -0.449 e. The highest BCUT2D eigenvalue weighted by Crippen LogP contribution is 2.43. The van der Waals surface area contributed by atoms with E-state index in [0.717, 1.165) is 23.0 Å². The Morgan fingerprint density at radius 2 is 2.05 bits per heavy atom. The topological polar surface area (TPSA) is 85.2 Å². The number of carbonyl (C=O) groups excluding carboxylic acids is 1. The van der Waals surface area contributed by atoms with Gasteiger partial charge in [0.2, 0.25) is 0 Å². The number of fused-ring (bicyclic) bond motifs is 1. The van der Waals surface area contributed by atoms with E-state index in [0.29, 0.717) is 30.6 Å². The van der Waals surface area contributed by atoms with Crippen molar-refractivity contribution >= 4 is 45.4 Å². The largest absolute Gasteiger partial charge is 0.449 e. The number of amides is 1. The standard InChI is InChI=1S/C26H30BrF3N6O2S/c1-4-19-14-22(21-13-17(26(28,29)30)9-10-23(21)36(19)25(37)38-5-2)31-24-32-34-35(33-24)15-20(39-3)12-16-7-6-8-18(27)11-16/h6-11,13,19-20,22H,4-5,12,14-15H2,1-3H3,(H,31,33)/t19-,20?,22+/m1/s1. The fourth-order valence-corrected chi connectivity index (χ4v) is 5.81. The molecule has 1 aliphatic heterocycles. The molecule has 2 aromatic carbocycles. The molecule has 0 bridgehead atoms. The van der Waals surface area contributed by atoms with Crippen molar-refractivity contribution in [3.8, 4) is 0 Å². The Labute approximate surface area is 237 Å². The highest BCUT2D eigenvalue weighted by molar-refractivity contribution is 9.10. The van der Waals surface area contributed by atoms with Gasteiger partial charge in [-0.25, -0.2) is 4.79 Å². The van der Waals surface area contributed by atoms with E-state index >= 15 is 0 Å². The summed E-state index contributed by atoms with van der Waals surface area (Å²) in [6.07, 6.45) is -1.34. The molecule has 0 aliphatic carbocycles. The molecule has 4 rings (SSSR count). The number of nitrogens with zero attached hydrogens (tertiary/aromatic N) is 5. The average molecular weight is 628 g/mol. The van der Waals surface area contributed by atoms with Crippen LogP contribution in [0.3, 0.4) is 0 Å². The maximum atomic E-state index is 13.6. The third-order valence-corrected chi connectivity index (χ3v) is 8.08. The van der Waals surface area contributed by atoms with Gasteiger partial charge in [0.05, 0.1) is 30.4 Å². The summed E-state index contributed by atoms with van der Waals surface area (Å²) in [5, 5.41) is 16.1. The third-order valence-electron chi connectivity index (χ3n) is 6.61. The van der Waals surface area contributed by atoms with Crippen molar-refractivity contribution in [2.75, 3.05) is 23.1 Å². The first kappa shape index (κ1) is 29.2. The number of anilines is 2. The fourth-order valence-electron chi connectivity index (χ4n) is 4.72. The van der Waals surface area contributed by atoms with E-state index in [4.69, 9.17) is 4.74 Å². The molecule has 8 nitrogen and oxygen atoms in total. The molecule has 0 saturated heterocycles. The van der Waals surface area contributed by atoms with E-state index in [1.165, 1.54) is 21.3 Å². The Bertz CT molecular complexity index is 1290. The molecule has 13 heteroatoms. The number of hydrogen-bond acceptors (Lipinski definition) is 7. The SMILES string of the molecule is CCOC(=O)N1c2ccc(C(F)(F)F)cc2[C@@H](Nc2nnn(CC(Cc3cccc(Br)c3)SC)n2)C[C@H]1CC. The molecule has 1 aliphatic rings. The van der Waals surface area contributed by atoms with Gasteiger partial charge in [-0.15, -0.1) is 5.10 Å². The van der Waals surface area contributed by atoms with Crippen LogP contribution in [-0.2, 0) is 23.9 Å². The second-order valence-electron chi connectivity index (χ2n) is 9.19. The van der Waals surface area contributed by atoms with E-state index in [9.17, 15) is 18.0 Å². The van der Waals surface area contributed by atoms with Crippen LogP contribution in [0.2, 0.25) is 0 Å². The first-order chi connectivity index (χ1) is 18.6. The minimum absolute atomic E-state index is 0.162. The van der Waals surface area contributed by atoms with E-state index in [-0.39, 0.29) is 23.8 Å². The maximum absolute atomic E-state index is 13.6. The van der Waals surface area contributed by atoms with Crippen LogP contribution in [0.15, 0.2) is 46.9 Å². The quantitative estimate of drug-likeness (QED) is 0.282. The fraction of sp³-hybridized carbons (Fsp3) is 0.462. The number of aromatic nitrogens is 4. The molecule has 210 valence electrons. The molecular formula is C26H30BrF3N6O2S. The summed E-state index contributed by atoms with van der Waals surface area (Å²) in [4.78, 5) is 15.7. The maximum Gasteiger partial charge on any atom is 0.416 e. The number of halogens is 4. The molecule has 1 unspecified atom stereocenters. The van der Waals surface area contributed by atoms with Crippen LogP contribution < -0.4 is 10.2 Å². The van der Waals surface area contributed by atoms with Crippen molar-refractivity contribution in [2.24, 2.45) is 0 Å². The van der Waals surface area contributed by atoms with Crippen LogP contribution in [0.5, 0.6) is 0 Å². The number of alkyl halides is 3. The first-order valence-electron chi connectivity index (χ1n) is 12.6. The van der Waals surface area contributed by atoms with Gasteiger partial charge in [0.15, 0.2) is 0 Å². The van der Waals surface area contributed by atoms with Crippen LogP contribution in [0, 0.1) is 0 Å². The molecule has 2 heterocycles. The second-order valence-corrected chi connectivity index (χ2v) is 11.2. The summed E-state index contributed by atoms with van der Waals surface area (Å²) in [6.45, 7) is 4.28. The molecule has 3 atom stereocenters. The van der Waals surface area contributed by atoms with Gasteiger partial charge in [0.1, 0.15) is 0 Å². The van der Waals surface area contributed by atoms with Crippen LogP contribution in [0.1, 0.15) is 49.4 Å². The van der Waals surface area contributed by atoms with Gasteiger partial charge < -0.3 is 10.1 Å². The number of benzene rings is 2. The molecule has 1 aromatic heterocycles. The normalized spacial score (nSPS) is 18.0. The zero-order chi connectivity index (χ0) is 28.2. The van der Waals surface area contributed by atoms with Crippen molar-refractivity contribution in [1.82, 2.24) is 20.2 Å². The molecular weight excluding hydrogens is 597 g/mol. The Hall–Kier alpha value is -2.80. The molecule has 1 amide bonds. The summed E-state index contributed by atoms with van der Waals surface area (Å²) >= 11 is 5.20. The Kier molecular flexibility index (Phi) is 9.42. The Morgan fingerprint density at radius 1 is 1.26 bits per heavy atom. The molecule has 0 fully saturated rings. The summed E-state index contributed by atoms with van der Waals surface area (Å²) in [6, 6.07) is 10.7. The number of tetrazole rings is 1. The molecule has 1 N–H and O–H groups in total. The predicted octanol–water partition coefficient (Wildman–Crippen LogP) is 6.73. The van der Waals surface area contributed by atoms with Crippen molar-refractivity contribution in [1.29, 1.82) is 0 Å². The number of carbonyl (C=O) groups is 1. The smallest absolute Gasteiger partial charge is 0.416 e. The van der Waals surface area contributed by atoms with Crippen LogP contribution in [0.4, 0.5) is 29.6 Å². The summed E-state index contributed by atoms with van der Waals surface area (Å²) in [5.41, 5.74) is 1.09. The number of hydrogen-bond donors (Lipinski definition) is 1. The molecule has 39 heavy (non-hydrogen) atoms. The third kappa shape index (κ3) is 7.05.